The number of aliphatic hydroxyl groups is 1. The molecule has 0 aliphatic heterocycles. The predicted molar refractivity (Wildman–Crippen MR) is 64.5 cm³/mol. The summed E-state index contributed by atoms with van der Waals surface area (Å²) >= 11 is 5.79. The van der Waals surface area contributed by atoms with Crippen LogP contribution in [-0.2, 0) is 0 Å². The molecule has 1 unspecified atom stereocenters. The van der Waals surface area contributed by atoms with Gasteiger partial charge in [0.05, 0.1) is 17.3 Å². The van der Waals surface area contributed by atoms with Crippen LogP contribution in [-0.4, -0.2) is 21.9 Å². The second-order valence-electron chi connectivity index (χ2n) is 4.64. The van der Waals surface area contributed by atoms with E-state index in [1.807, 2.05) is 0 Å². The Bertz CT molecular complexity index is 394. The van der Waals surface area contributed by atoms with Crippen LogP contribution < -0.4 is 5.73 Å². The smallest absolute Gasteiger partial charge is 0.129 e. The lowest BCUT2D eigenvalue weighted by Gasteiger charge is -2.37. The van der Waals surface area contributed by atoms with Crippen LogP contribution in [0, 0.1) is 0 Å². The predicted octanol–water partition coefficient (Wildman–Crippen LogP) is 2.38. The molecule has 1 aromatic heterocycles. The SMILES string of the molecule is NC(c1cccc(Cl)n1)C1(O)CCC(F)CC1. The van der Waals surface area contributed by atoms with Crippen molar-refractivity contribution in [3.63, 3.8) is 0 Å². The number of hydrogen-bond donors (Lipinski definition) is 2. The summed E-state index contributed by atoms with van der Waals surface area (Å²) < 4.78 is 13.1. The van der Waals surface area contributed by atoms with E-state index in [0.29, 0.717) is 36.5 Å². The van der Waals surface area contributed by atoms with Crippen molar-refractivity contribution in [3.8, 4) is 0 Å². The molecule has 1 atom stereocenters. The Hall–Kier alpha value is -0.710. The third kappa shape index (κ3) is 2.76. The first kappa shape index (κ1) is 12.7. The molecule has 0 bridgehead atoms. The molecule has 3 N–H and O–H groups in total. The van der Waals surface area contributed by atoms with Gasteiger partial charge in [0.15, 0.2) is 0 Å². The molecule has 1 fully saturated rings. The number of alkyl halides is 1. The zero-order valence-electron chi connectivity index (χ0n) is 9.44. The summed E-state index contributed by atoms with van der Waals surface area (Å²) in [4.78, 5) is 4.10. The first-order chi connectivity index (χ1) is 8.01. The van der Waals surface area contributed by atoms with Gasteiger partial charge in [-0.15, -0.1) is 0 Å². The molecule has 0 saturated heterocycles. The van der Waals surface area contributed by atoms with Gasteiger partial charge in [-0.05, 0) is 37.8 Å². The van der Waals surface area contributed by atoms with Gasteiger partial charge in [-0.25, -0.2) is 9.37 Å². The van der Waals surface area contributed by atoms with Crippen molar-refractivity contribution in [1.82, 2.24) is 4.98 Å². The Kier molecular flexibility index (Phi) is 3.66. The van der Waals surface area contributed by atoms with Crippen molar-refractivity contribution in [3.05, 3.63) is 29.0 Å². The van der Waals surface area contributed by atoms with Crippen LogP contribution in [0.2, 0.25) is 5.15 Å². The van der Waals surface area contributed by atoms with Gasteiger partial charge >= 0.3 is 0 Å². The van der Waals surface area contributed by atoms with Crippen molar-refractivity contribution in [2.45, 2.75) is 43.5 Å². The minimum absolute atomic E-state index is 0.348. The van der Waals surface area contributed by atoms with Crippen LogP contribution in [0.5, 0.6) is 0 Å². The number of rotatable bonds is 2. The zero-order chi connectivity index (χ0) is 12.5. The van der Waals surface area contributed by atoms with Gasteiger partial charge in [0.2, 0.25) is 0 Å². The van der Waals surface area contributed by atoms with E-state index in [0.717, 1.165) is 0 Å². The van der Waals surface area contributed by atoms with Crippen molar-refractivity contribution in [2.75, 3.05) is 0 Å². The second-order valence-corrected chi connectivity index (χ2v) is 5.03. The molecule has 1 aliphatic carbocycles. The summed E-state index contributed by atoms with van der Waals surface area (Å²) in [6.45, 7) is 0. The third-order valence-electron chi connectivity index (χ3n) is 3.42. The van der Waals surface area contributed by atoms with Crippen molar-refractivity contribution in [1.29, 1.82) is 0 Å². The maximum atomic E-state index is 13.1. The van der Waals surface area contributed by atoms with E-state index in [9.17, 15) is 9.50 Å². The Morgan fingerprint density at radius 2 is 2.12 bits per heavy atom. The molecule has 17 heavy (non-hydrogen) atoms. The molecule has 5 heteroatoms. The highest BCUT2D eigenvalue weighted by Crippen LogP contribution is 2.37. The van der Waals surface area contributed by atoms with Crippen molar-refractivity contribution >= 4 is 11.6 Å². The van der Waals surface area contributed by atoms with E-state index in [-0.39, 0.29) is 0 Å². The molecule has 1 aliphatic rings. The molecule has 0 amide bonds. The van der Waals surface area contributed by atoms with Crippen molar-refractivity contribution < 1.29 is 9.50 Å². The molecular weight excluding hydrogens is 243 g/mol. The van der Waals surface area contributed by atoms with E-state index in [4.69, 9.17) is 17.3 Å². The topological polar surface area (TPSA) is 59.1 Å². The monoisotopic (exact) mass is 258 g/mol. The molecule has 94 valence electrons. The standard InChI is InChI=1S/C12H16ClFN2O/c13-10-3-1-2-9(16-10)11(15)12(17)6-4-8(14)5-7-12/h1-3,8,11,17H,4-7,15H2. The van der Waals surface area contributed by atoms with Crippen LogP contribution >= 0.6 is 11.6 Å². The van der Waals surface area contributed by atoms with Gasteiger partial charge in [-0.2, -0.15) is 0 Å². The minimum Gasteiger partial charge on any atom is -0.388 e. The van der Waals surface area contributed by atoms with Crippen LogP contribution in [0.15, 0.2) is 18.2 Å². The molecule has 1 saturated carbocycles. The molecule has 0 spiro atoms. The van der Waals surface area contributed by atoms with E-state index < -0.39 is 17.8 Å². The molecular formula is C12H16ClFN2O. The number of hydrogen-bond acceptors (Lipinski definition) is 3. The maximum Gasteiger partial charge on any atom is 0.129 e. The first-order valence-corrected chi connectivity index (χ1v) is 6.13. The largest absolute Gasteiger partial charge is 0.388 e. The zero-order valence-corrected chi connectivity index (χ0v) is 10.2. The molecule has 1 aromatic rings. The lowest BCUT2D eigenvalue weighted by molar-refractivity contribution is -0.0373. The first-order valence-electron chi connectivity index (χ1n) is 5.76. The highest BCUT2D eigenvalue weighted by molar-refractivity contribution is 6.29. The van der Waals surface area contributed by atoms with Crippen LogP contribution in [0.25, 0.3) is 0 Å². The van der Waals surface area contributed by atoms with Crippen LogP contribution in [0.1, 0.15) is 37.4 Å². The summed E-state index contributed by atoms with van der Waals surface area (Å²) in [6.07, 6.45) is 0.609. The third-order valence-corrected chi connectivity index (χ3v) is 3.63. The molecule has 0 radical (unpaired) electrons. The minimum atomic E-state index is -1.07. The summed E-state index contributed by atoms with van der Waals surface area (Å²) in [5, 5.41) is 10.8. The highest BCUT2D eigenvalue weighted by atomic mass is 35.5. The van der Waals surface area contributed by atoms with Gasteiger partial charge in [0.25, 0.3) is 0 Å². The lowest BCUT2D eigenvalue weighted by Crippen LogP contribution is -2.44. The average Bonchev–Trinajstić information content (AvgIpc) is 2.32. The van der Waals surface area contributed by atoms with Crippen LogP contribution in [0.3, 0.4) is 0 Å². The number of nitrogens with two attached hydrogens (primary N) is 1. The summed E-state index contributed by atoms with van der Waals surface area (Å²) in [5.41, 5.74) is 5.51. The summed E-state index contributed by atoms with van der Waals surface area (Å²) in [6, 6.07) is 4.51. The number of pyridine rings is 1. The lowest BCUT2D eigenvalue weighted by atomic mass is 9.78. The van der Waals surface area contributed by atoms with E-state index in [1.165, 1.54) is 0 Å². The summed E-state index contributed by atoms with van der Waals surface area (Å²) in [7, 11) is 0. The normalized spacial score (nSPS) is 31.2. The molecule has 0 aromatic carbocycles. The maximum absolute atomic E-state index is 13.1. The Morgan fingerprint density at radius 1 is 1.47 bits per heavy atom. The quantitative estimate of drug-likeness (QED) is 0.801. The fourth-order valence-corrected chi connectivity index (χ4v) is 2.44. The van der Waals surface area contributed by atoms with Gasteiger partial charge < -0.3 is 10.8 Å². The number of aromatic nitrogens is 1. The van der Waals surface area contributed by atoms with Gasteiger partial charge in [0.1, 0.15) is 11.3 Å². The second kappa shape index (κ2) is 4.88. The van der Waals surface area contributed by atoms with Crippen molar-refractivity contribution in [2.24, 2.45) is 5.73 Å². The van der Waals surface area contributed by atoms with E-state index in [2.05, 4.69) is 4.98 Å². The van der Waals surface area contributed by atoms with Gasteiger partial charge in [-0.1, -0.05) is 17.7 Å². The number of nitrogens with zero attached hydrogens (tertiary/aromatic N) is 1. The summed E-state index contributed by atoms with van der Waals surface area (Å²) in [5.74, 6) is 0. The highest BCUT2D eigenvalue weighted by Gasteiger charge is 2.39. The fourth-order valence-electron chi connectivity index (χ4n) is 2.27. The number of halogens is 2. The Labute approximate surface area is 105 Å². The average molecular weight is 259 g/mol. The van der Waals surface area contributed by atoms with E-state index >= 15 is 0 Å². The molecule has 2 rings (SSSR count). The van der Waals surface area contributed by atoms with Crippen LogP contribution in [0.4, 0.5) is 4.39 Å². The Balaban J connectivity index is 2.16. The van der Waals surface area contributed by atoms with Gasteiger partial charge in [-0.3, -0.25) is 0 Å². The fraction of sp³-hybridized carbons (Fsp3) is 0.583. The van der Waals surface area contributed by atoms with E-state index in [1.54, 1.807) is 18.2 Å². The Morgan fingerprint density at radius 3 is 2.71 bits per heavy atom. The molecule has 1 heterocycles. The molecule has 3 nitrogen and oxygen atoms in total. The van der Waals surface area contributed by atoms with Gasteiger partial charge in [0, 0.05) is 0 Å².